The van der Waals surface area contributed by atoms with Crippen LogP contribution in [0.15, 0.2) is 24.3 Å². The highest BCUT2D eigenvalue weighted by molar-refractivity contribution is 7.13. The molecule has 0 spiro atoms. The second-order valence-electron chi connectivity index (χ2n) is 8.05. The molecule has 2 atom stereocenters. The first kappa shape index (κ1) is 20.5. The number of hydrogen-bond donors (Lipinski definition) is 3. The van der Waals surface area contributed by atoms with Gasteiger partial charge in [0.15, 0.2) is 5.01 Å². The third-order valence-electron chi connectivity index (χ3n) is 5.92. The van der Waals surface area contributed by atoms with Gasteiger partial charge in [0.2, 0.25) is 0 Å². The third-order valence-corrected chi connectivity index (χ3v) is 7.22. The number of nitrogens with zero attached hydrogens (tertiary/aromatic N) is 1. The topological polar surface area (TPSA) is 96.1 Å². The number of H-pyrrole nitrogens is 1. The fraction of sp³-hybridized carbons (Fsp3) is 0.409. The molecule has 162 valence electrons. The summed E-state index contributed by atoms with van der Waals surface area (Å²) in [6, 6.07) is 7.02. The van der Waals surface area contributed by atoms with Crippen molar-refractivity contribution < 1.29 is 14.3 Å². The number of aromatic amines is 1. The lowest BCUT2D eigenvalue weighted by Crippen LogP contribution is -2.53. The Kier molecular flexibility index (Phi) is 5.69. The summed E-state index contributed by atoms with van der Waals surface area (Å²) < 4.78 is 5.45. The second-order valence-corrected chi connectivity index (χ2v) is 9.57. The molecule has 3 heterocycles. The number of carbonyl (C=O) groups excluding carboxylic acids is 2. The number of carbonyl (C=O) groups is 2. The molecular formula is C22H23ClN4O3S. The van der Waals surface area contributed by atoms with Crippen LogP contribution in [-0.2, 0) is 17.8 Å². The van der Waals surface area contributed by atoms with Gasteiger partial charge in [-0.15, -0.1) is 11.3 Å². The number of halogens is 1. The lowest BCUT2D eigenvalue weighted by atomic mass is 9.90. The van der Waals surface area contributed by atoms with E-state index in [1.54, 1.807) is 12.1 Å². The number of amides is 2. The quantitative estimate of drug-likeness (QED) is 0.553. The van der Waals surface area contributed by atoms with E-state index in [2.05, 4.69) is 20.6 Å². The molecule has 0 unspecified atom stereocenters. The number of hydrogen-bond acceptors (Lipinski definition) is 5. The predicted molar refractivity (Wildman–Crippen MR) is 120 cm³/mol. The van der Waals surface area contributed by atoms with Crippen molar-refractivity contribution in [1.82, 2.24) is 20.6 Å². The Bertz CT molecular complexity index is 1120. The molecule has 2 aromatic heterocycles. The van der Waals surface area contributed by atoms with Crippen LogP contribution in [0.5, 0.6) is 0 Å². The highest BCUT2D eigenvalue weighted by Crippen LogP contribution is 2.25. The van der Waals surface area contributed by atoms with Crippen molar-refractivity contribution in [1.29, 1.82) is 0 Å². The standard InChI is InChI=1S/C22H23ClN4O3S/c23-13-5-6-14-12(9-13)10-18(24-14)20(28)25-15-3-1-2-4-16(15)26-21(29)22-27-17-7-8-30-11-19(17)31-22/h5-6,9-10,15-16,24H,1-4,7-8,11H2,(H,25,28)(H,26,29)/t15-,16+/m1/s1. The Labute approximate surface area is 188 Å². The van der Waals surface area contributed by atoms with Crippen molar-refractivity contribution in [3.63, 3.8) is 0 Å². The fourth-order valence-electron chi connectivity index (χ4n) is 4.30. The van der Waals surface area contributed by atoms with Crippen LogP contribution in [-0.4, -0.2) is 40.5 Å². The van der Waals surface area contributed by atoms with Crippen LogP contribution in [0.25, 0.3) is 10.9 Å². The van der Waals surface area contributed by atoms with Crippen molar-refractivity contribution in [3.05, 3.63) is 50.6 Å². The van der Waals surface area contributed by atoms with Gasteiger partial charge in [-0.25, -0.2) is 4.98 Å². The van der Waals surface area contributed by atoms with Crippen LogP contribution in [0.2, 0.25) is 5.02 Å². The van der Waals surface area contributed by atoms with Crippen molar-refractivity contribution in [2.24, 2.45) is 0 Å². The minimum absolute atomic E-state index is 0.124. The Hall–Kier alpha value is -2.42. The molecule has 0 bridgehead atoms. The van der Waals surface area contributed by atoms with Gasteiger partial charge < -0.3 is 20.4 Å². The lowest BCUT2D eigenvalue weighted by Gasteiger charge is -2.32. The van der Waals surface area contributed by atoms with Gasteiger partial charge in [-0.1, -0.05) is 24.4 Å². The van der Waals surface area contributed by atoms with Crippen LogP contribution in [0.3, 0.4) is 0 Å². The Morgan fingerprint density at radius 1 is 1.13 bits per heavy atom. The summed E-state index contributed by atoms with van der Waals surface area (Å²) in [5, 5.41) is 8.21. The molecule has 3 aromatic rings. The summed E-state index contributed by atoms with van der Waals surface area (Å²) in [5.74, 6) is -0.355. The van der Waals surface area contributed by atoms with Crippen LogP contribution >= 0.6 is 22.9 Å². The number of aromatic nitrogens is 2. The molecule has 3 N–H and O–H groups in total. The number of nitrogens with one attached hydrogen (secondary N) is 3. The Morgan fingerprint density at radius 3 is 2.68 bits per heavy atom. The SMILES string of the molecule is O=C(N[C@@H]1CCCC[C@@H]1NC(=O)c1nc2c(s1)COCC2)c1cc2cc(Cl)ccc2[nH]1. The van der Waals surface area contributed by atoms with E-state index in [0.29, 0.717) is 28.9 Å². The van der Waals surface area contributed by atoms with E-state index in [1.807, 2.05) is 12.1 Å². The molecule has 1 saturated carbocycles. The van der Waals surface area contributed by atoms with Crippen LogP contribution in [0.4, 0.5) is 0 Å². The third kappa shape index (κ3) is 4.33. The van der Waals surface area contributed by atoms with Gasteiger partial charge in [0.05, 0.1) is 23.8 Å². The van der Waals surface area contributed by atoms with Crippen molar-refractivity contribution in [2.45, 2.75) is 50.8 Å². The van der Waals surface area contributed by atoms with Gasteiger partial charge >= 0.3 is 0 Å². The fourth-order valence-corrected chi connectivity index (χ4v) is 5.43. The van der Waals surface area contributed by atoms with E-state index >= 15 is 0 Å². The van der Waals surface area contributed by atoms with E-state index in [1.165, 1.54) is 11.3 Å². The number of benzene rings is 1. The first-order chi connectivity index (χ1) is 15.1. The second kappa shape index (κ2) is 8.61. The van der Waals surface area contributed by atoms with Gasteiger partial charge in [0.25, 0.3) is 11.8 Å². The summed E-state index contributed by atoms with van der Waals surface area (Å²) in [6.07, 6.45) is 4.43. The summed E-state index contributed by atoms with van der Waals surface area (Å²) >= 11 is 7.44. The highest BCUT2D eigenvalue weighted by Gasteiger charge is 2.30. The van der Waals surface area contributed by atoms with Gasteiger partial charge in [-0.3, -0.25) is 9.59 Å². The molecule has 1 fully saturated rings. The minimum Gasteiger partial charge on any atom is -0.375 e. The molecule has 0 radical (unpaired) electrons. The highest BCUT2D eigenvalue weighted by atomic mass is 35.5. The van der Waals surface area contributed by atoms with E-state index < -0.39 is 0 Å². The summed E-state index contributed by atoms with van der Waals surface area (Å²) in [4.78, 5) is 34.4. The predicted octanol–water partition coefficient (Wildman–Crippen LogP) is 3.82. The zero-order valence-corrected chi connectivity index (χ0v) is 18.4. The lowest BCUT2D eigenvalue weighted by molar-refractivity contribution is 0.0860. The average Bonchev–Trinajstić information content (AvgIpc) is 3.39. The molecule has 1 aliphatic carbocycles. The minimum atomic E-state index is -0.180. The molecule has 1 aromatic carbocycles. The molecule has 31 heavy (non-hydrogen) atoms. The van der Waals surface area contributed by atoms with E-state index in [9.17, 15) is 9.59 Å². The average molecular weight is 459 g/mol. The molecule has 2 amide bonds. The van der Waals surface area contributed by atoms with Gasteiger partial charge in [0.1, 0.15) is 5.69 Å². The van der Waals surface area contributed by atoms with Gasteiger partial charge in [0, 0.05) is 34.4 Å². The maximum Gasteiger partial charge on any atom is 0.280 e. The number of rotatable bonds is 4. The molecule has 9 heteroatoms. The maximum atomic E-state index is 12.9. The normalized spacial score (nSPS) is 20.9. The first-order valence-corrected chi connectivity index (χ1v) is 11.7. The molecule has 7 nitrogen and oxygen atoms in total. The molecular weight excluding hydrogens is 436 g/mol. The Morgan fingerprint density at radius 2 is 1.90 bits per heavy atom. The Balaban J connectivity index is 1.28. The number of thiazole rings is 1. The smallest absolute Gasteiger partial charge is 0.280 e. The van der Waals surface area contributed by atoms with Crippen LogP contribution < -0.4 is 10.6 Å². The van der Waals surface area contributed by atoms with Crippen molar-refractivity contribution in [3.8, 4) is 0 Å². The van der Waals surface area contributed by atoms with Crippen molar-refractivity contribution >= 4 is 45.7 Å². The van der Waals surface area contributed by atoms with E-state index in [4.69, 9.17) is 16.3 Å². The monoisotopic (exact) mass is 458 g/mol. The molecule has 5 rings (SSSR count). The van der Waals surface area contributed by atoms with Crippen molar-refractivity contribution in [2.75, 3.05) is 6.61 Å². The zero-order chi connectivity index (χ0) is 21.4. The molecule has 0 saturated heterocycles. The maximum absolute atomic E-state index is 12.9. The zero-order valence-electron chi connectivity index (χ0n) is 16.9. The largest absolute Gasteiger partial charge is 0.375 e. The van der Waals surface area contributed by atoms with Gasteiger partial charge in [-0.2, -0.15) is 0 Å². The van der Waals surface area contributed by atoms with Crippen LogP contribution in [0.1, 0.15) is 56.5 Å². The first-order valence-electron chi connectivity index (χ1n) is 10.5. The van der Waals surface area contributed by atoms with Gasteiger partial charge in [-0.05, 0) is 37.1 Å². The number of ether oxygens (including phenoxy) is 1. The number of fused-ring (bicyclic) bond motifs is 2. The summed E-state index contributed by atoms with van der Waals surface area (Å²) in [5.41, 5.74) is 2.31. The molecule has 2 aliphatic rings. The van der Waals surface area contributed by atoms with Crippen LogP contribution in [0, 0.1) is 0 Å². The summed E-state index contributed by atoms with van der Waals surface area (Å²) in [7, 11) is 0. The molecule has 1 aliphatic heterocycles. The van der Waals surface area contributed by atoms with E-state index in [0.717, 1.165) is 53.6 Å². The van der Waals surface area contributed by atoms with E-state index in [-0.39, 0.29) is 23.9 Å². The summed E-state index contributed by atoms with van der Waals surface area (Å²) in [6.45, 7) is 1.17.